The zero-order valence-electron chi connectivity index (χ0n) is 12.6. The molecule has 4 heterocycles. The number of aromatic nitrogens is 5. The smallest absolute Gasteiger partial charge is 0.277 e. The first-order chi connectivity index (χ1) is 11.2. The number of imidazole rings is 1. The molecule has 0 atom stereocenters. The van der Waals surface area contributed by atoms with Gasteiger partial charge in [0.25, 0.3) is 11.1 Å². The summed E-state index contributed by atoms with van der Waals surface area (Å²) in [5, 5.41) is 9.80. The normalized spacial score (nSPS) is 11.4. The molecule has 23 heavy (non-hydrogen) atoms. The molecule has 4 aromatic rings. The van der Waals surface area contributed by atoms with Gasteiger partial charge in [-0.1, -0.05) is 17.8 Å². The first kappa shape index (κ1) is 14.4. The SMILES string of the molecule is Cc1nc(C)c(-c2nnc(SCc3cnc4ccccn34)o2)s1. The van der Waals surface area contributed by atoms with Crippen molar-refractivity contribution in [1.82, 2.24) is 24.6 Å². The maximum absolute atomic E-state index is 5.76. The summed E-state index contributed by atoms with van der Waals surface area (Å²) < 4.78 is 7.81. The van der Waals surface area contributed by atoms with Crippen molar-refractivity contribution in [2.75, 3.05) is 0 Å². The van der Waals surface area contributed by atoms with Crippen LogP contribution in [0.5, 0.6) is 0 Å². The van der Waals surface area contributed by atoms with Gasteiger partial charge >= 0.3 is 0 Å². The van der Waals surface area contributed by atoms with E-state index in [0.29, 0.717) is 16.9 Å². The molecule has 0 aliphatic rings. The summed E-state index contributed by atoms with van der Waals surface area (Å²) in [6.07, 6.45) is 3.87. The Labute approximate surface area is 140 Å². The van der Waals surface area contributed by atoms with Crippen LogP contribution in [0.25, 0.3) is 16.4 Å². The number of thiazole rings is 1. The van der Waals surface area contributed by atoms with Crippen LogP contribution in [0, 0.1) is 13.8 Å². The molecule has 0 unspecified atom stereocenters. The number of thioether (sulfide) groups is 1. The summed E-state index contributed by atoms with van der Waals surface area (Å²) >= 11 is 3.07. The van der Waals surface area contributed by atoms with Crippen LogP contribution >= 0.6 is 23.1 Å². The summed E-state index contributed by atoms with van der Waals surface area (Å²) in [6, 6.07) is 5.94. The molecular formula is C15H13N5OS2. The zero-order chi connectivity index (χ0) is 15.8. The lowest BCUT2D eigenvalue weighted by molar-refractivity contribution is 0.466. The van der Waals surface area contributed by atoms with Crippen molar-refractivity contribution in [2.24, 2.45) is 0 Å². The van der Waals surface area contributed by atoms with Crippen LogP contribution in [0.1, 0.15) is 16.4 Å². The molecule has 0 spiro atoms. The molecule has 0 fully saturated rings. The van der Waals surface area contributed by atoms with Crippen LogP contribution in [0.15, 0.2) is 40.2 Å². The van der Waals surface area contributed by atoms with E-state index in [9.17, 15) is 0 Å². The van der Waals surface area contributed by atoms with Gasteiger partial charge in [0.2, 0.25) is 0 Å². The number of pyridine rings is 1. The van der Waals surface area contributed by atoms with Crippen LogP contribution in [-0.4, -0.2) is 24.6 Å². The lowest BCUT2D eigenvalue weighted by Crippen LogP contribution is -1.89. The highest BCUT2D eigenvalue weighted by molar-refractivity contribution is 7.98. The van der Waals surface area contributed by atoms with E-state index >= 15 is 0 Å². The Kier molecular flexibility index (Phi) is 3.62. The molecule has 8 heteroatoms. The second-order valence-corrected chi connectivity index (χ2v) is 7.12. The highest BCUT2D eigenvalue weighted by atomic mass is 32.2. The third-order valence-electron chi connectivity index (χ3n) is 3.34. The molecule has 4 rings (SSSR count). The topological polar surface area (TPSA) is 69.1 Å². The molecule has 0 saturated heterocycles. The highest BCUT2D eigenvalue weighted by Gasteiger charge is 2.15. The average Bonchev–Trinajstić information content (AvgIpc) is 3.24. The maximum atomic E-state index is 5.76. The standard InChI is InChI=1S/C15H13N5OS2/c1-9-13(23-10(2)17-9)14-18-19-15(21-14)22-8-11-7-16-12-5-3-4-6-20(11)12/h3-7H,8H2,1-2H3. The van der Waals surface area contributed by atoms with Crippen molar-refractivity contribution in [3.8, 4) is 10.8 Å². The van der Waals surface area contributed by atoms with Gasteiger partial charge in [-0.25, -0.2) is 9.97 Å². The molecule has 0 aliphatic heterocycles. The van der Waals surface area contributed by atoms with Crippen molar-refractivity contribution in [3.63, 3.8) is 0 Å². The molecule has 6 nitrogen and oxygen atoms in total. The third kappa shape index (κ3) is 2.75. The minimum atomic E-state index is 0.536. The van der Waals surface area contributed by atoms with Gasteiger partial charge in [-0.15, -0.1) is 21.5 Å². The van der Waals surface area contributed by atoms with Gasteiger partial charge in [-0.05, 0) is 26.0 Å². The van der Waals surface area contributed by atoms with Crippen molar-refractivity contribution in [2.45, 2.75) is 24.8 Å². The predicted octanol–water partition coefficient (Wildman–Crippen LogP) is 3.75. The van der Waals surface area contributed by atoms with Crippen LogP contribution < -0.4 is 0 Å². The van der Waals surface area contributed by atoms with Crippen molar-refractivity contribution in [1.29, 1.82) is 0 Å². The largest absolute Gasteiger partial charge is 0.410 e. The Balaban J connectivity index is 1.53. The van der Waals surface area contributed by atoms with Crippen LogP contribution in [0.4, 0.5) is 0 Å². The summed E-state index contributed by atoms with van der Waals surface area (Å²) in [7, 11) is 0. The monoisotopic (exact) mass is 343 g/mol. The molecule has 116 valence electrons. The molecule has 4 aromatic heterocycles. The summed E-state index contributed by atoms with van der Waals surface area (Å²) in [5.41, 5.74) is 2.95. The number of hydrogen-bond donors (Lipinski definition) is 0. The lowest BCUT2D eigenvalue weighted by Gasteiger charge is -1.98. The van der Waals surface area contributed by atoms with Gasteiger partial charge in [0, 0.05) is 11.9 Å². The quantitative estimate of drug-likeness (QED) is 0.526. The van der Waals surface area contributed by atoms with E-state index in [0.717, 1.165) is 26.9 Å². The predicted molar refractivity (Wildman–Crippen MR) is 89.6 cm³/mol. The van der Waals surface area contributed by atoms with Gasteiger partial charge in [0.15, 0.2) is 0 Å². The number of aryl methyl sites for hydroxylation is 2. The fourth-order valence-electron chi connectivity index (χ4n) is 2.32. The van der Waals surface area contributed by atoms with Gasteiger partial charge in [-0.3, -0.25) is 0 Å². The van der Waals surface area contributed by atoms with Gasteiger partial charge in [0.1, 0.15) is 10.5 Å². The average molecular weight is 343 g/mol. The number of nitrogens with zero attached hydrogens (tertiary/aromatic N) is 5. The zero-order valence-corrected chi connectivity index (χ0v) is 14.2. The second kappa shape index (κ2) is 5.78. The van der Waals surface area contributed by atoms with E-state index in [1.54, 1.807) is 11.3 Å². The second-order valence-electron chi connectivity index (χ2n) is 4.99. The van der Waals surface area contributed by atoms with Gasteiger partial charge in [-0.2, -0.15) is 0 Å². The van der Waals surface area contributed by atoms with Crippen LogP contribution in [-0.2, 0) is 5.75 Å². The van der Waals surface area contributed by atoms with Crippen LogP contribution in [0.2, 0.25) is 0 Å². The molecule has 0 saturated carbocycles. The molecule has 0 N–H and O–H groups in total. The van der Waals surface area contributed by atoms with E-state index < -0.39 is 0 Å². The fourth-order valence-corrected chi connectivity index (χ4v) is 3.88. The Bertz CT molecular complexity index is 971. The molecule has 0 radical (unpaired) electrons. The van der Waals surface area contributed by atoms with E-state index in [4.69, 9.17) is 4.42 Å². The van der Waals surface area contributed by atoms with Crippen molar-refractivity contribution in [3.05, 3.63) is 47.0 Å². The minimum Gasteiger partial charge on any atom is -0.410 e. The third-order valence-corrected chi connectivity index (χ3v) is 5.25. The summed E-state index contributed by atoms with van der Waals surface area (Å²) in [6.45, 7) is 3.92. The Morgan fingerprint density at radius 1 is 1.26 bits per heavy atom. The van der Waals surface area contributed by atoms with Gasteiger partial charge < -0.3 is 8.82 Å². The fraction of sp³-hybridized carbons (Fsp3) is 0.200. The first-order valence-corrected chi connectivity index (χ1v) is 8.82. The number of rotatable bonds is 4. The lowest BCUT2D eigenvalue weighted by atomic mass is 10.4. The first-order valence-electron chi connectivity index (χ1n) is 7.02. The number of fused-ring (bicyclic) bond motifs is 1. The molecule has 0 aromatic carbocycles. The van der Waals surface area contributed by atoms with Crippen molar-refractivity contribution >= 4 is 28.7 Å². The highest BCUT2D eigenvalue weighted by Crippen LogP contribution is 2.31. The Hall–Kier alpha value is -2.19. The molecule has 0 aliphatic carbocycles. The molecule has 0 amide bonds. The Morgan fingerprint density at radius 2 is 2.17 bits per heavy atom. The summed E-state index contributed by atoms with van der Waals surface area (Å²) in [4.78, 5) is 9.71. The van der Waals surface area contributed by atoms with E-state index in [1.807, 2.05) is 44.4 Å². The maximum Gasteiger partial charge on any atom is 0.277 e. The minimum absolute atomic E-state index is 0.536. The van der Waals surface area contributed by atoms with E-state index in [1.165, 1.54) is 11.8 Å². The van der Waals surface area contributed by atoms with Crippen molar-refractivity contribution < 1.29 is 4.42 Å². The number of hydrogen-bond acceptors (Lipinski definition) is 7. The van der Waals surface area contributed by atoms with Gasteiger partial charge in [0.05, 0.1) is 22.6 Å². The summed E-state index contributed by atoms with van der Waals surface area (Å²) in [5.74, 6) is 1.25. The van der Waals surface area contributed by atoms with E-state index in [2.05, 4.69) is 24.6 Å². The van der Waals surface area contributed by atoms with Crippen LogP contribution in [0.3, 0.4) is 0 Å². The molecule has 0 bridgehead atoms. The molecular weight excluding hydrogens is 330 g/mol. The van der Waals surface area contributed by atoms with E-state index in [-0.39, 0.29) is 0 Å². The Morgan fingerprint density at radius 3 is 3.00 bits per heavy atom.